The maximum Gasteiger partial charge on any atom is 0.246 e. The van der Waals surface area contributed by atoms with Crippen LogP contribution in [0.2, 0.25) is 0 Å². The normalized spacial score (nSPS) is 18.7. The van der Waals surface area contributed by atoms with Gasteiger partial charge in [0.25, 0.3) is 0 Å². The molecule has 0 radical (unpaired) electrons. The van der Waals surface area contributed by atoms with Gasteiger partial charge in [0.1, 0.15) is 0 Å². The van der Waals surface area contributed by atoms with E-state index >= 15 is 0 Å². The SMILES string of the molecule is C=C[C@@H]1C=C(NC(C)=O)C(/C(=C/C(=O)NCC(O)OC)N=C(C)SC)=CC=C1C. The first-order valence-corrected chi connectivity index (χ1v) is 10.2. The number of aliphatic hydroxyl groups is 1. The molecule has 29 heavy (non-hydrogen) atoms. The van der Waals surface area contributed by atoms with Crippen molar-refractivity contribution >= 4 is 28.6 Å². The molecule has 1 aliphatic rings. The third-order valence-electron chi connectivity index (χ3n) is 4.08. The van der Waals surface area contributed by atoms with E-state index < -0.39 is 12.2 Å². The number of hydrogen-bond acceptors (Lipinski definition) is 6. The maximum absolute atomic E-state index is 12.4. The number of methoxy groups -OCH3 is 1. The molecule has 0 heterocycles. The average molecular weight is 420 g/mol. The predicted molar refractivity (Wildman–Crippen MR) is 118 cm³/mol. The summed E-state index contributed by atoms with van der Waals surface area (Å²) in [6, 6.07) is 0. The highest BCUT2D eigenvalue weighted by Gasteiger charge is 2.18. The Labute approximate surface area is 176 Å². The number of aliphatic imine (C=N–C) groups is 1. The highest BCUT2D eigenvalue weighted by Crippen LogP contribution is 2.28. The van der Waals surface area contributed by atoms with E-state index in [9.17, 15) is 14.7 Å². The van der Waals surface area contributed by atoms with Crippen LogP contribution in [-0.4, -0.2) is 48.2 Å². The fraction of sp³-hybridized carbons (Fsp3) is 0.381. The molecule has 1 rings (SSSR count). The summed E-state index contributed by atoms with van der Waals surface area (Å²) in [5.74, 6) is -0.743. The summed E-state index contributed by atoms with van der Waals surface area (Å²) in [4.78, 5) is 28.7. The molecule has 2 amide bonds. The number of thioether (sulfide) groups is 1. The van der Waals surface area contributed by atoms with Crippen molar-refractivity contribution < 1.29 is 19.4 Å². The number of hydrogen-bond donors (Lipinski definition) is 3. The number of carbonyl (C=O) groups is 2. The molecular weight excluding hydrogens is 390 g/mol. The molecule has 7 nitrogen and oxygen atoms in total. The van der Waals surface area contributed by atoms with Gasteiger partial charge >= 0.3 is 0 Å². The maximum atomic E-state index is 12.4. The molecular formula is C21H29N3O4S. The van der Waals surface area contributed by atoms with E-state index in [1.807, 2.05) is 38.3 Å². The summed E-state index contributed by atoms with van der Waals surface area (Å²) in [5, 5.41) is 15.6. The molecule has 0 aromatic rings. The van der Waals surface area contributed by atoms with Crippen molar-refractivity contribution in [3.8, 4) is 0 Å². The third kappa shape index (κ3) is 8.23. The quantitative estimate of drug-likeness (QED) is 0.184. The van der Waals surface area contributed by atoms with Crippen LogP contribution < -0.4 is 10.6 Å². The van der Waals surface area contributed by atoms with E-state index in [1.54, 1.807) is 6.08 Å². The van der Waals surface area contributed by atoms with Gasteiger partial charge in [-0.3, -0.25) is 9.59 Å². The van der Waals surface area contributed by atoms with Crippen LogP contribution in [0, 0.1) is 5.92 Å². The Kier molecular flexibility index (Phi) is 10.4. The van der Waals surface area contributed by atoms with Gasteiger partial charge in [-0.05, 0) is 26.2 Å². The molecule has 1 unspecified atom stereocenters. The van der Waals surface area contributed by atoms with Crippen molar-refractivity contribution in [3.05, 3.63) is 59.5 Å². The number of aliphatic hydroxyl groups excluding tert-OH is 1. The van der Waals surface area contributed by atoms with Crippen LogP contribution in [0.1, 0.15) is 20.8 Å². The smallest absolute Gasteiger partial charge is 0.246 e. The number of amides is 2. The summed E-state index contributed by atoms with van der Waals surface area (Å²) >= 11 is 1.44. The summed E-state index contributed by atoms with van der Waals surface area (Å²) < 4.78 is 4.72. The molecule has 0 aromatic heterocycles. The molecule has 3 N–H and O–H groups in total. The van der Waals surface area contributed by atoms with Gasteiger partial charge in [0, 0.05) is 37.3 Å². The van der Waals surface area contributed by atoms with Gasteiger partial charge in [0.05, 0.1) is 17.3 Å². The molecule has 0 aromatic carbocycles. The minimum atomic E-state index is -1.10. The molecule has 0 saturated heterocycles. The Morgan fingerprint density at radius 2 is 2.10 bits per heavy atom. The van der Waals surface area contributed by atoms with E-state index in [4.69, 9.17) is 4.74 Å². The van der Waals surface area contributed by atoms with Gasteiger partial charge in [-0.25, -0.2) is 4.99 Å². The summed E-state index contributed by atoms with van der Waals surface area (Å²) in [5.41, 5.74) is 2.56. The highest BCUT2D eigenvalue weighted by molar-refractivity contribution is 8.13. The number of rotatable bonds is 8. The first-order chi connectivity index (χ1) is 13.7. The Hall–Kier alpha value is -2.42. The molecule has 1 aliphatic carbocycles. The lowest BCUT2D eigenvalue weighted by molar-refractivity contribution is -0.120. The van der Waals surface area contributed by atoms with Gasteiger partial charge in [-0.2, -0.15) is 0 Å². The first-order valence-electron chi connectivity index (χ1n) is 9.02. The lowest BCUT2D eigenvalue weighted by Gasteiger charge is -2.15. The number of allylic oxidation sites excluding steroid dienone is 5. The Morgan fingerprint density at radius 1 is 1.41 bits per heavy atom. The van der Waals surface area contributed by atoms with Crippen LogP contribution in [0.5, 0.6) is 0 Å². The third-order valence-corrected chi connectivity index (χ3v) is 4.76. The molecule has 8 heteroatoms. The fourth-order valence-corrected chi connectivity index (χ4v) is 2.61. The van der Waals surface area contributed by atoms with E-state index in [-0.39, 0.29) is 18.4 Å². The van der Waals surface area contributed by atoms with Crippen LogP contribution in [0.25, 0.3) is 0 Å². The van der Waals surface area contributed by atoms with Crippen LogP contribution >= 0.6 is 11.8 Å². The minimum absolute atomic E-state index is 0.0602. The van der Waals surface area contributed by atoms with Gasteiger partial charge < -0.3 is 20.5 Å². The zero-order valence-corrected chi connectivity index (χ0v) is 18.3. The van der Waals surface area contributed by atoms with Gasteiger partial charge in [-0.1, -0.05) is 23.8 Å². The Morgan fingerprint density at radius 3 is 2.66 bits per heavy atom. The first kappa shape index (κ1) is 24.6. The van der Waals surface area contributed by atoms with Crippen molar-refractivity contribution in [2.45, 2.75) is 27.1 Å². The zero-order chi connectivity index (χ0) is 22.0. The molecule has 0 aliphatic heterocycles. The molecule has 0 spiro atoms. The van der Waals surface area contributed by atoms with Gasteiger partial charge in [0.2, 0.25) is 11.8 Å². The molecule has 2 atom stereocenters. The summed E-state index contributed by atoms with van der Waals surface area (Å²) in [6.45, 7) is 9.01. The van der Waals surface area contributed by atoms with E-state index in [2.05, 4.69) is 22.2 Å². The van der Waals surface area contributed by atoms with E-state index in [0.717, 1.165) is 10.6 Å². The predicted octanol–water partition coefficient (Wildman–Crippen LogP) is 2.44. The van der Waals surface area contributed by atoms with Crippen molar-refractivity contribution in [1.82, 2.24) is 10.6 Å². The molecule has 0 bridgehead atoms. The second-order valence-corrected chi connectivity index (χ2v) is 7.31. The van der Waals surface area contributed by atoms with Crippen LogP contribution in [0.15, 0.2) is 64.5 Å². The topological polar surface area (TPSA) is 100 Å². The van der Waals surface area contributed by atoms with Gasteiger partial charge in [-0.15, -0.1) is 18.3 Å². The van der Waals surface area contributed by atoms with E-state index in [1.165, 1.54) is 31.9 Å². The number of nitrogens with one attached hydrogen (secondary N) is 2. The van der Waals surface area contributed by atoms with Crippen LogP contribution in [0.4, 0.5) is 0 Å². The molecule has 0 fully saturated rings. The van der Waals surface area contributed by atoms with E-state index in [0.29, 0.717) is 17.0 Å². The fourth-order valence-electron chi connectivity index (χ4n) is 2.42. The zero-order valence-electron chi connectivity index (χ0n) is 17.5. The van der Waals surface area contributed by atoms with Crippen molar-refractivity contribution in [3.63, 3.8) is 0 Å². The second kappa shape index (κ2) is 12.2. The van der Waals surface area contributed by atoms with Crippen molar-refractivity contribution in [1.29, 1.82) is 0 Å². The lowest BCUT2D eigenvalue weighted by Crippen LogP contribution is -2.32. The van der Waals surface area contributed by atoms with Crippen molar-refractivity contribution in [2.24, 2.45) is 10.9 Å². The molecule has 158 valence electrons. The van der Waals surface area contributed by atoms with Gasteiger partial charge in [0.15, 0.2) is 6.29 Å². The molecule has 0 saturated carbocycles. The highest BCUT2D eigenvalue weighted by atomic mass is 32.2. The number of ether oxygens (including phenoxy) is 1. The minimum Gasteiger partial charge on any atom is -0.366 e. The lowest BCUT2D eigenvalue weighted by atomic mass is 9.99. The summed E-state index contributed by atoms with van der Waals surface area (Å²) in [6.07, 6.45) is 9.51. The second-order valence-electron chi connectivity index (χ2n) is 6.31. The summed E-state index contributed by atoms with van der Waals surface area (Å²) in [7, 11) is 1.34. The van der Waals surface area contributed by atoms with Crippen LogP contribution in [0.3, 0.4) is 0 Å². The van der Waals surface area contributed by atoms with Crippen molar-refractivity contribution in [2.75, 3.05) is 19.9 Å². The monoisotopic (exact) mass is 419 g/mol. The standard InChI is InChI=1S/C21H29N3O4S/c1-7-16-10-18(23-14(3)25)17(9-8-13(16)2)19(24-15(4)29-6)11-20(26)22-12-21(27)28-5/h7-11,16,21,27H,1,12H2,2-6H3,(H,22,26)(H,23,25)/b19-11-,24-15?/t16-,21?/m1/s1. The van der Waals surface area contributed by atoms with Crippen LogP contribution in [-0.2, 0) is 14.3 Å². The number of nitrogens with zero attached hydrogens (tertiary/aromatic N) is 1. The largest absolute Gasteiger partial charge is 0.366 e. The Bertz CT molecular complexity index is 794. The average Bonchev–Trinajstić information content (AvgIpc) is 2.83. The number of carbonyl (C=O) groups excluding carboxylic acids is 2. The Balaban J connectivity index is 3.43.